The number of benzene rings is 1. The molecule has 2 rings (SSSR count). The maximum absolute atomic E-state index is 12.6. The minimum absolute atomic E-state index is 0.0779. The van der Waals surface area contributed by atoms with Crippen molar-refractivity contribution in [2.24, 2.45) is 0 Å². The van der Waals surface area contributed by atoms with Gasteiger partial charge in [0.1, 0.15) is 0 Å². The van der Waals surface area contributed by atoms with Gasteiger partial charge in [0.05, 0.1) is 5.25 Å². The summed E-state index contributed by atoms with van der Waals surface area (Å²) in [5.41, 5.74) is 3.25. The molecule has 1 N–H and O–H groups in total. The van der Waals surface area contributed by atoms with E-state index in [-0.39, 0.29) is 11.2 Å². The number of hydrogen-bond donors (Lipinski definition) is 1. The number of carbonyl (C=O) groups is 1. The predicted octanol–water partition coefficient (Wildman–Crippen LogP) is 3.94. The van der Waals surface area contributed by atoms with E-state index in [0.29, 0.717) is 18.2 Å². The molecule has 1 heterocycles. The highest BCUT2D eigenvalue weighted by Crippen LogP contribution is 2.24. The summed E-state index contributed by atoms with van der Waals surface area (Å²) in [6.07, 6.45) is 1.01. The molecule has 0 bridgehead atoms. The number of likely N-dealkylation sites (N-methyl/N-ethyl adjacent to an activating group) is 1. The summed E-state index contributed by atoms with van der Waals surface area (Å²) >= 11 is 1.37. The number of aryl methyl sites for hydroxylation is 1. The minimum atomic E-state index is -0.245. The van der Waals surface area contributed by atoms with Crippen LogP contribution in [0.25, 0.3) is 11.4 Å². The van der Waals surface area contributed by atoms with Crippen molar-refractivity contribution >= 4 is 17.7 Å². The third-order valence-electron chi connectivity index (χ3n) is 3.88. The summed E-state index contributed by atoms with van der Waals surface area (Å²) in [6.45, 7) is 13.1. The third-order valence-corrected chi connectivity index (χ3v) is 4.83. The largest absolute Gasteiger partial charge is 0.338 e. The Kier molecular flexibility index (Phi) is 6.82. The van der Waals surface area contributed by atoms with Gasteiger partial charge in [-0.05, 0) is 32.8 Å². The molecule has 2 aromatic rings. The summed E-state index contributed by atoms with van der Waals surface area (Å²) in [5, 5.41) is 7.54. The van der Waals surface area contributed by atoms with E-state index in [1.165, 1.54) is 17.3 Å². The molecule has 1 aromatic carbocycles. The van der Waals surface area contributed by atoms with Crippen molar-refractivity contribution in [2.45, 2.75) is 44.5 Å². The number of amides is 1. The van der Waals surface area contributed by atoms with E-state index < -0.39 is 0 Å². The van der Waals surface area contributed by atoms with Gasteiger partial charge in [-0.3, -0.25) is 9.89 Å². The fraction of sp³-hybridized carbons (Fsp3) is 0.421. The molecule has 0 saturated heterocycles. The Bertz CT molecular complexity index is 723. The fourth-order valence-electron chi connectivity index (χ4n) is 2.46. The van der Waals surface area contributed by atoms with Crippen molar-refractivity contribution in [2.75, 3.05) is 13.1 Å². The van der Waals surface area contributed by atoms with Crippen molar-refractivity contribution in [1.29, 1.82) is 0 Å². The first kappa shape index (κ1) is 19.2. The number of aromatic amines is 1. The van der Waals surface area contributed by atoms with Crippen molar-refractivity contribution in [3.63, 3.8) is 0 Å². The molecule has 25 heavy (non-hydrogen) atoms. The van der Waals surface area contributed by atoms with Gasteiger partial charge in [-0.25, -0.2) is 4.98 Å². The van der Waals surface area contributed by atoms with E-state index >= 15 is 0 Å². The maximum atomic E-state index is 12.6. The lowest BCUT2D eigenvalue weighted by atomic mass is 10.1. The first-order valence-corrected chi connectivity index (χ1v) is 9.44. The van der Waals surface area contributed by atoms with Crippen LogP contribution in [0.1, 0.15) is 33.3 Å². The number of rotatable bonds is 8. The van der Waals surface area contributed by atoms with E-state index in [9.17, 15) is 4.79 Å². The first-order chi connectivity index (χ1) is 11.9. The van der Waals surface area contributed by atoms with Crippen LogP contribution in [0.2, 0.25) is 0 Å². The Labute approximate surface area is 153 Å². The summed E-state index contributed by atoms with van der Waals surface area (Å²) in [6, 6.07) is 8.25. The van der Waals surface area contributed by atoms with Crippen molar-refractivity contribution in [3.8, 4) is 11.4 Å². The van der Waals surface area contributed by atoms with Crippen LogP contribution >= 0.6 is 11.8 Å². The summed E-state index contributed by atoms with van der Waals surface area (Å²) in [7, 11) is 0. The van der Waals surface area contributed by atoms with Gasteiger partial charge in [0.2, 0.25) is 11.1 Å². The zero-order valence-electron chi connectivity index (χ0n) is 15.4. The Morgan fingerprint density at radius 1 is 1.32 bits per heavy atom. The Balaban J connectivity index is 2.04. The molecule has 0 aliphatic carbocycles. The van der Waals surface area contributed by atoms with Gasteiger partial charge in [-0.2, -0.15) is 0 Å². The SMILES string of the molecule is C=C(C)CN(CC)C(=O)[C@@H](C)Sc1n[nH]c(-c2ccc(CC)cc2)n1. The topological polar surface area (TPSA) is 61.9 Å². The molecule has 1 atom stereocenters. The molecule has 134 valence electrons. The number of nitrogens with zero attached hydrogens (tertiary/aromatic N) is 3. The molecular formula is C19H26N4OS. The van der Waals surface area contributed by atoms with Crippen LogP contribution in [0.4, 0.5) is 0 Å². The summed E-state index contributed by atoms with van der Waals surface area (Å²) in [4.78, 5) is 18.9. The van der Waals surface area contributed by atoms with Gasteiger partial charge in [0.15, 0.2) is 5.82 Å². The quantitative estimate of drug-likeness (QED) is 0.573. The van der Waals surface area contributed by atoms with Crippen molar-refractivity contribution in [1.82, 2.24) is 20.1 Å². The van der Waals surface area contributed by atoms with E-state index in [0.717, 1.165) is 23.4 Å². The second kappa shape index (κ2) is 8.85. The second-order valence-electron chi connectivity index (χ2n) is 6.09. The Hall–Kier alpha value is -2.08. The molecule has 0 aliphatic heterocycles. The average molecular weight is 359 g/mol. The normalized spacial score (nSPS) is 12.0. The molecular weight excluding hydrogens is 332 g/mol. The van der Waals surface area contributed by atoms with Gasteiger partial charge in [0.25, 0.3) is 0 Å². The number of thioether (sulfide) groups is 1. The molecule has 0 fully saturated rings. The highest BCUT2D eigenvalue weighted by molar-refractivity contribution is 8.00. The van der Waals surface area contributed by atoms with Crippen LogP contribution in [0.15, 0.2) is 41.6 Å². The molecule has 0 radical (unpaired) electrons. The van der Waals surface area contributed by atoms with Gasteiger partial charge < -0.3 is 4.90 Å². The second-order valence-corrected chi connectivity index (χ2v) is 7.39. The van der Waals surface area contributed by atoms with Crippen LogP contribution in [0, 0.1) is 0 Å². The standard InChI is InChI=1S/C19H26N4OS/c1-6-15-8-10-16(11-9-15)17-20-19(22-21-17)25-14(5)18(24)23(7-2)12-13(3)4/h8-11,14H,3,6-7,12H2,1-2,4-5H3,(H,20,21,22)/t14-/m1/s1. The van der Waals surface area contributed by atoms with Crippen LogP contribution in [-0.2, 0) is 11.2 Å². The lowest BCUT2D eigenvalue weighted by Crippen LogP contribution is -2.37. The molecule has 0 unspecified atom stereocenters. The van der Waals surface area contributed by atoms with E-state index in [2.05, 4.69) is 40.8 Å². The minimum Gasteiger partial charge on any atom is -0.338 e. The Morgan fingerprint density at radius 2 is 2.00 bits per heavy atom. The number of aromatic nitrogens is 3. The predicted molar refractivity (Wildman–Crippen MR) is 104 cm³/mol. The maximum Gasteiger partial charge on any atom is 0.236 e. The number of hydrogen-bond acceptors (Lipinski definition) is 4. The lowest BCUT2D eigenvalue weighted by molar-refractivity contribution is -0.129. The summed E-state index contributed by atoms with van der Waals surface area (Å²) in [5.74, 6) is 0.799. The lowest BCUT2D eigenvalue weighted by Gasteiger charge is -2.23. The van der Waals surface area contributed by atoms with Crippen LogP contribution in [-0.4, -0.2) is 44.3 Å². The van der Waals surface area contributed by atoms with Gasteiger partial charge in [-0.15, -0.1) is 5.10 Å². The molecule has 1 amide bonds. The van der Waals surface area contributed by atoms with E-state index in [4.69, 9.17) is 0 Å². The molecule has 5 nitrogen and oxygen atoms in total. The van der Waals surface area contributed by atoms with Crippen LogP contribution < -0.4 is 0 Å². The van der Waals surface area contributed by atoms with Gasteiger partial charge in [-0.1, -0.05) is 55.1 Å². The zero-order chi connectivity index (χ0) is 18.4. The summed E-state index contributed by atoms with van der Waals surface area (Å²) < 4.78 is 0. The average Bonchev–Trinajstić information content (AvgIpc) is 3.07. The van der Waals surface area contributed by atoms with Crippen molar-refractivity contribution < 1.29 is 4.79 Å². The van der Waals surface area contributed by atoms with Crippen molar-refractivity contribution in [3.05, 3.63) is 42.0 Å². The molecule has 0 saturated carbocycles. The molecule has 0 spiro atoms. The fourth-order valence-corrected chi connectivity index (χ4v) is 3.27. The molecule has 6 heteroatoms. The van der Waals surface area contributed by atoms with Gasteiger partial charge >= 0.3 is 0 Å². The van der Waals surface area contributed by atoms with Gasteiger partial charge in [0, 0.05) is 18.7 Å². The Morgan fingerprint density at radius 3 is 2.56 bits per heavy atom. The smallest absolute Gasteiger partial charge is 0.236 e. The third kappa shape index (κ3) is 5.19. The van der Waals surface area contributed by atoms with Crippen LogP contribution in [0.3, 0.4) is 0 Å². The molecule has 0 aliphatic rings. The number of carbonyl (C=O) groups excluding carboxylic acids is 1. The highest BCUT2D eigenvalue weighted by Gasteiger charge is 2.22. The van der Waals surface area contributed by atoms with E-state index in [1.54, 1.807) is 4.90 Å². The van der Waals surface area contributed by atoms with E-state index in [1.807, 2.05) is 32.9 Å². The molecule has 1 aromatic heterocycles. The number of H-pyrrole nitrogens is 1. The zero-order valence-corrected chi connectivity index (χ0v) is 16.2. The highest BCUT2D eigenvalue weighted by atomic mass is 32.2. The first-order valence-electron chi connectivity index (χ1n) is 8.56. The number of nitrogens with one attached hydrogen (secondary N) is 1. The monoisotopic (exact) mass is 358 g/mol. The van der Waals surface area contributed by atoms with Crippen LogP contribution in [0.5, 0.6) is 0 Å².